The molecule has 1 aliphatic carbocycles. The molecule has 1 aliphatic rings. The number of nitrogens with two attached hydrogens (primary N) is 1. The second kappa shape index (κ2) is 5.59. The lowest BCUT2D eigenvalue weighted by Crippen LogP contribution is -2.14. The molecule has 4 heteroatoms. The fourth-order valence-corrected chi connectivity index (χ4v) is 2.76. The third-order valence-corrected chi connectivity index (χ3v) is 3.91. The zero-order valence-corrected chi connectivity index (χ0v) is 11.5. The molecule has 0 spiro atoms. The van der Waals surface area contributed by atoms with E-state index in [1.165, 1.54) is 11.1 Å². The molecule has 2 atom stereocenters. The van der Waals surface area contributed by atoms with Gasteiger partial charge < -0.3 is 10.3 Å². The van der Waals surface area contributed by atoms with Gasteiger partial charge in [0.1, 0.15) is 0 Å². The van der Waals surface area contributed by atoms with Gasteiger partial charge >= 0.3 is 0 Å². The Kier molecular flexibility index (Phi) is 3.65. The first-order valence-corrected chi connectivity index (χ1v) is 7.04. The highest BCUT2D eigenvalue weighted by atomic mass is 16.5. The second-order valence-electron chi connectivity index (χ2n) is 5.33. The van der Waals surface area contributed by atoms with Gasteiger partial charge in [0.15, 0.2) is 5.82 Å². The predicted molar refractivity (Wildman–Crippen MR) is 77.2 cm³/mol. The lowest BCUT2D eigenvalue weighted by atomic mass is 9.83. The molecule has 1 aromatic heterocycles. The van der Waals surface area contributed by atoms with Gasteiger partial charge in [-0.15, -0.1) is 6.58 Å². The molecule has 1 aromatic carbocycles. The van der Waals surface area contributed by atoms with Crippen molar-refractivity contribution in [2.45, 2.75) is 37.6 Å². The molecule has 2 N–H and O–H groups in total. The van der Waals surface area contributed by atoms with E-state index in [0.29, 0.717) is 18.2 Å². The van der Waals surface area contributed by atoms with Crippen LogP contribution in [0.4, 0.5) is 0 Å². The van der Waals surface area contributed by atoms with Gasteiger partial charge in [0.05, 0.1) is 6.04 Å². The van der Waals surface area contributed by atoms with E-state index in [1.54, 1.807) is 6.08 Å². The quantitative estimate of drug-likeness (QED) is 0.867. The zero-order valence-electron chi connectivity index (χ0n) is 11.5. The third kappa shape index (κ3) is 2.51. The Morgan fingerprint density at radius 2 is 2.20 bits per heavy atom. The van der Waals surface area contributed by atoms with E-state index in [9.17, 15) is 0 Å². The summed E-state index contributed by atoms with van der Waals surface area (Å²) in [6.45, 7) is 3.68. The van der Waals surface area contributed by atoms with Crippen LogP contribution in [0.25, 0.3) is 0 Å². The molecular weight excluding hydrogens is 250 g/mol. The topological polar surface area (TPSA) is 64.9 Å². The van der Waals surface area contributed by atoms with Crippen LogP contribution in [-0.4, -0.2) is 10.1 Å². The van der Waals surface area contributed by atoms with Gasteiger partial charge in [-0.3, -0.25) is 0 Å². The van der Waals surface area contributed by atoms with Gasteiger partial charge in [-0.05, 0) is 36.8 Å². The molecule has 0 saturated carbocycles. The molecule has 104 valence electrons. The molecule has 20 heavy (non-hydrogen) atoms. The molecule has 1 heterocycles. The number of aromatic nitrogens is 2. The fourth-order valence-electron chi connectivity index (χ4n) is 2.76. The van der Waals surface area contributed by atoms with Crippen molar-refractivity contribution in [2.75, 3.05) is 0 Å². The summed E-state index contributed by atoms with van der Waals surface area (Å²) in [5, 5.41) is 4.12. The van der Waals surface area contributed by atoms with Crippen molar-refractivity contribution in [3.05, 3.63) is 59.8 Å². The molecular formula is C16H19N3O. The summed E-state index contributed by atoms with van der Waals surface area (Å²) in [6.07, 6.45) is 5.53. The number of rotatable bonds is 4. The molecule has 2 aromatic rings. The second-order valence-corrected chi connectivity index (χ2v) is 5.33. The third-order valence-electron chi connectivity index (χ3n) is 3.91. The summed E-state index contributed by atoms with van der Waals surface area (Å²) in [5.74, 6) is 1.63. The summed E-state index contributed by atoms with van der Waals surface area (Å²) in [6, 6.07) is 8.33. The van der Waals surface area contributed by atoms with Gasteiger partial charge in [-0.1, -0.05) is 35.5 Å². The number of benzene rings is 1. The Morgan fingerprint density at radius 3 is 3.00 bits per heavy atom. The van der Waals surface area contributed by atoms with Crippen molar-refractivity contribution in [1.29, 1.82) is 0 Å². The Balaban J connectivity index is 1.76. The molecule has 2 unspecified atom stereocenters. The van der Waals surface area contributed by atoms with Gasteiger partial charge in [-0.25, -0.2) is 0 Å². The van der Waals surface area contributed by atoms with E-state index in [1.807, 2.05) is 0 Å². The van der Waals surface area contributed by atoms with Crippen molar-refractivity contribution >= 4 is 0 Å². The maximum absolute atomic E-state index is 5.96. The average molecular weight is 269 g/mol. The SMILES string of the molecule is C=CCC(N)c1nc(C2CCc3ccccc3C2)no1. The maximum atomic E-state index is 5.96. The summed E-state index contributed by atoms with van der Waals surface area (Å²) < 4.78 is 5.29. The highest BCUT2D eigenvalue weighted by molar-refractivity contribution is 5.31. The van der Waals surface area contributed by atoms with Crippen LogP contribution in [0.1, 0.15) is 47.6 Å². The summed E-state index contributed by atoms with van der Waals surface area (Å²) in [7, 11) is 0. The molecule has 0 amide bonds. The predicted octanol–water partition coefficient (Wildman–Crippen LogP) is 2.92. The standard InChI is InChI=1S/C16H19N3O/c1-2-5-14(17)16-18-15(19-20-16)13-9-8-11-6-3-4-7-12(11)10-13/h2-4,6-7,13-14H,1,5,8-10,17H2. The van der Waals surface area contributed by atoms with E-state index in [4.69, 9.17) is 10.3 Å². The summed E-state index contributed by atoms with van der Waals surface area (Å²) in [4.78, 5) is 4.47. The molecule has 0 fully saturated rings. The first-order chi connectivity index (χ1) is 9.78. The van der Waals surface area contributed by atoms with E-state index in [0.717, 1.165) is 25.1 Å². The van der Waals surface area contributed by atoms with Gasteiger partial charge in [0, 0.05) is 5.92 Å². The summed E-state index contributed by atoms with van der Waals surface area (Å²) >= 11 is 0. The van der Waals surface area contributed by atoms with Gasteiger partial charge in [-0.2, -0.15) is 4.98 Å². The minimum absolute atomic E-state index is 0.246. The monoisotopic (exact) mass is 269 g/mol. The van der Waals surface area contributed by atoms with Crippen LogP contribution in [0, 0.1) is 0 Å². The zero-order chi connectivity index (χ0) is 13.9. The van der Waals surface area contributed by atoms with Crippen LogP contribution in [0.3, 0.4) is 0 Å². The molecule has 4 nitrogen and oxygen atoms in total. The Labute approximate surface area is 118 Å². The Morgan fingerprint density at radius 1 is 1.40 bits per heavy atom. The number of nitrogens with zero attached hydrogens (tertiary/aromatic N) is 2. The van der Waals surface area contributed by atoms with Crippen molar-refractivity contribution in [3.8, 4) is 0 Å². The Bertz CT molecular complexity index is 605. The Hall–Kier alpha value is -1.94. The number of aryl methyl sites for hydroxylation is 1. The molecule has 0 radical (unpaired) electrons. The normalized spacial score (nSPS) is 19.4. The van der Waals surface area contributed by atoms with E-state index < -0.39 is 0 Å². The van der Waals surface area contributed by atoms with Crippen molar-refractivity contribution in [2.24, 2.45) is 5.73 Å². The van der Waals surface area contributed by atoms with Crippen LogP contribution < -0.4 is 5.73 Å². The smallest absolute Gasteiger partial charge is 0.243 e. The first-order valence-electron chi connectivity index (χ1n) is 7.04. The molecule has 0 saturated heterocycles. The highest BCUT2D eigenvalue weighted by Gasteiger charge is 2.25. The van der Waals surface area contributed by atoms with Crippen LogP contribution >= 0.6 is 0 Å². The van der Waals surface area contributed by atoms with E-state index in [-0.39, 0.29) is 6.04 Å². The van der Waals surface area contributed by atoms with E-state index >= 15 is 0 Å². The first kappa shape index (κ1) is 13.1. The van der Waals surface area contributed by atoms with Gasteiger partial charge in [0.25, 0.3) is 0 Å². The molecule has 0 bridgehead atoms. The van der Waals surface area contributed by atoms with Crippen molar-refractivity contribution < 1.29 is 4.52 Å². The minimum Gasteiger partial charge on any atom is -0.338 e. The van der Waals surface area contributed by atoms with Crippen LogP contribution in [0.2, 0.25) is 0 Å². The molecule has 3 rings (SSSR count). The van der Waals surface area contributed by atoms with Crippen LogP contribution in [0.15, 0.2) is 41.4 Å². The average Bonchev–Trinajstić information content (AvgIpc) is 2.97. The van der Waals surface area contributed by atoms with E-state index in [2.05, 4.69) is 41.0 Å². The number of hydrogen-bond donors (Lipinski definition) is 1. The maximum Gasteiger partial charge on any atom is 0.243 e. The van der Waals surface area contributed by atoms with Crippen molar-refractivity contribution in [3.63, 3.8) is 0 Å². The minimum atomic E-state index is -0.246. The lowest BCUT2D eigenvalue weighted by molar-refractivity contribution is 0.347. The van der Waals surface area contributed by atoms with Crippen LogP contribution in [0.5, 0.6) is 0 Å². The molecule has 0 aliphatic heterocycles. The lowest BCUT2D eigenvalue weighted by Gasteiger charge is -2.21. The van der Waals surface area contributed by atoms with Crippen molar-refractivity contribution in [1.82, 2.24) is 10.1 Å². The van der Waals surface area contributed by atoms with Gasteiger partial charge in [0.2, 0.25) is 5.89 Å². The highest BCUT2D eigenvalue weighted by Crippen LogP contribution is 2.31. The number of hydrogen-bond acceptors (Lipinski definition) is 4. The largest absolute Gasteiger partial charge is 0.338 e. The fraction of sp³-hybridized carbons (Fsp3) is 0.375. The van der Waals surface area contributed by atoms with Crippen LogP contribution in [-0.2, 0) is 12.8 Å². The number of fused-ring (bicyclic) bond motifs is 1. The summed E-state index contributed by atoms with van der Waals surface area (Å²) in [5.41, 5.74) is 8.79.